The van der Waals surface area contributed by atoms with Crippen molar-refractivity contribution in [2.45, 2.75) is 20.0 Å². The largest absolute Gasteiger partial charge is 0.348 e. The number of carbonyl (C=O) groups is 1. The number of rotatable bonds is 4. The summed E-state index contributed by atoms with van der Waals surface area (Å²) in [5.74, 6) is -0.0656. The Kier molecular flexibility index (Phi) is 4.31. The van der Waals surface area contributed by atoms with Crippen LogP contribution in [0.25, 0.3) is 0 Å². The smallest absolute Gasteiger partial charge is 0.251 e. The molecule has 0 aliphatic heterocycles. The van der Waals surface area contributed by atoms with Gasteiger partial charge in [0.25, 0.3) is 5.91 Å². The minimum Gasteiger partial charge on any atom is -0.348 e. The monoisotopic (exact) mass is 254 g/mol. The molecule has 19 heavy (non-hydrogen) atoms. The van der Waals surface area contributed by atoms with Gasteiger partial charge in [0.2, 0.25) is 0 Å². The maximum absolute atomic E-state index is 11.9. The molecule has 0 bridgehead atoms. The number of amides is 1. The molecule has 0 radical (unpaired) electrons. The van der Waals surface area contributed by atoms with Crippen molar-refractivity contribution in [3.05, 3.63) is 70.8 Å². The van der Waals surface area contributed by atoms with E-state index in [-0.39, 0.29) is 5.91 Å². The summed E-state index contributed by atoms with van der Waals surface area (Å²) in [6, 6.07) is 15.5. The maximum Gasteiger partial charge on any atom is 0.251 e. The predicted octanol–water partition coefficient (Wildman–Crippen LogP) is 2.38. The molecule has 2 rings (SSSR count). The van der Waals surface area contributed by atoms with Crippen LogP contribution in [0.15, 0.2) is 48.5 Å². The average molecular weight is 254 g/mol. The van der Waals surface area contributed by atoms with Crippen molar-refractivity contribution < 1.29 is 4.79 Å². The lowest BCUT2D eigenvalue weighted by Crippen LogP contribution is -2.22. The summed E-state index contributed by atoms with van der Waals surface area (Å²) in [7, 11) is 0. The Morgan fingerprint density at radius 3 is 2.16 bits per heavy atom. The van der Waals surface area contributed by atoms with Crippen LogP contribution < -0.4 is 11.1 Å². The lowest BCUT2D eigenvalue weighted by atomic mass is 10.1. The number of carbonyl (C=O) groups excluding carboxylic acids is 1. The number of aryl methyl sites for hydroxylation is 1. The fraction of sp³-hybridized carbons (Fsp3) is 0.188. The van der Waals surface area contributed by atoms with E-state index >= 15 is 0 Å². The number of nitrogens with one attached hydrogen (secondary N) is 1. The van der Waals surface area contributed by atoms with Gasteiger partial charge in [-0.25, -0.2) is 0 Å². The molecule has 3 N–H and O–H groups in total. The molecular weight excluding hydrogens is 236 g/mol. The molecular formula is C16H18N2O. The first-order chi connectivity index (χ1) is 9.19. The van der Waals surface area contributed by atoms with Gasteiger partial charge in [0, 0.05) is 18.7 Å². The van der Waals surface area contributed by atoms with E-state index in [4.69, 9.17) is 5.73 Å². The van der Waals surface area contributed by atoms with Crippen molar-refractivity contribution in [3.63, 3.8) is 0 Å². The molecule has 0 heterocycles. The van der Waals surface area contributed by atoms with Gasteiger partial charge in [-0.15, -0.1) is 0 Å². The van der Waals surface area contributed by atoms with Crippen molar-refractivity contribution in [1.82, 2.24) is 5.32 Å². The summed E-state index contributed by atoms with van der Waals surface area (Å²) in [6.07, 6.45) is 0. The van der Waals surface area contributed by atoms with Gasteiger partial charge in [-0.3, -0.25) is 4.79 Å². The molecule has 0 spiro atoms. The lowest BCUT2D eigenvalue weighted by Gasteiger charge is -2.06. The third-order valence-corrected chi connectivity index (χ3v) is 3.03. The van der Waals surface area contributed by atoms with Gasteiger partial charge in [-0.1, -0.05) is 42.0 Å². The minimum atomic E-state index is -0.0656. The molecule has 0 aromatic heterocycles. The Morgan fingerprint density at radius 1 is 1.00 bits per heavy atom. The topological polar surface area (TPSA) is 55.1 Å². The van der Waals surface area contributed by atoms with Gasteiger partial charge in [0.1, 0.15) is 0 Å². The molecule has 0 saturated heterocycles. The highest BCUT2D eigenvalue weighted by atomic mass is 16.1. The molecule has 98 valence electrons. The second-order valence-electron chi connectivity index (χ2n) is 4.57. The standard InChI is InChI=1S/C16H18N2O/c1-12-2-4-14(5-3-12)11-18-16(19)15-8-6-13(10-17)7-9-15/h2-9H,10-11,17H2,1H3,(H,18,19). The summed E-state index contributed by atoms with van der Waals surface area (Å²) in [4.78, 5) is 11.9. The van der Waals surface area contributed by atoms with Gasteiger partial charge in [0.15, 0.2) is 0 Å². The van der Waals surface area contributed by atoms with Crippen LogP contribution >= 0.6 is 0 Å². The van der Waals surface area contributed by atoms with Gasteiger partial charge >= 0.3 is 0 Å². The molecule has 1 amide bonds. The zero-order valence-corrected chi connectivity index (χ0v) is 11.0. The summed E-state index contributed by atoms with van der Waals surface area (Å²) in [6.45, 7) is 3.07. The summed E-state index contributed by atoms with van der Waals surface area (Å²) in [5, 5.41) is 2.90. The molecule has 0 fully saturated rings. The van der Waals surface area contributed by atoms with E-state index in [1.54, 1.807) is 12.1 Å². The van der Waals surface area contributed by atoms with Crippen LogP contribution in [0.2, 0.25) is 0 Å². The number of hydrogen-bond donors (Lipinski definition) is 2. The van der Waals surface area contributed by atoms with Crippen molar-refractivity contribution in [2.24, 2.45) is 5.73 Å². The predicted molar refractivity (Wildman–Crippen MR) is 76.7 cm³/mol. The maximum atomic E-state index is 11.9. The lowest BCUT2D eigenvalue weighted by molar-refractivity contribution is 0.0951. The summed E-state index contributed by atoms with van der Waals surface area (Å²) >= 11 is 0. The third-order valence-electron chi connectivity index (χ3n) is 3.03. The van der Waals surface area contributed by atoms with E-state index in [0.717, 1.165) is 11.1 Å². The molecule has 0 aliphatic rings. The summed E-state index contributed by atoms with van der Waals surface area (Å²) < 4.78 is 0. The van der Waals surface area contributed by atoms with Gasteiger partial charge in [0.05, 0.1) is 0 Å². The highest BCUT2D eigenvalue weighted by Gasteiger charge is 2.04. The zero-order valence-electron chi connectivity index (χ0n) is 11.0. The van der Waals surface area contributed by atoms with E-state index in [1.165, 1.54) is 5.56 Å². The molecule has 0 atom stereocenters. The third kappa shape index (κ3) is 3.66. The quantitative estimate of drug-likeness (QED) is 0.880. The Hall–Kier alpha value is -2.13. The van der Waals surface area contributed by atoms with Crippen molar-refractivity contribution in [1.29, 1.82) is 0 Å². The number of benzene rings is 2. The van der Waals surface area contributed by atoms with E-state index in [0.29, 0.717) is 18.7 Å². The molecule has 3 heteroatoms. The van der Waals surface area contributed by atoms with Gasteiger partial charge in [-0.2, -0.15) is 0 Å². The van der Waals surface area contributed by atoms with Gasteiger partial charge in [-0.05, 0) is 30.2 Å². The van der Waals surface area contributed by atoms with Crippen LogP contribution in [0.5, 0.6) is 0 Å². The van der Waals surface area contributed by atoms with Crippen molar-refractivity contribution >= 4 is 5.91 Å². The number of nitrogens with two attached hydrogens (primary N) is 1. The zero-order chi connectivity index (χ0) is 13.7. The van der Waals surface area contributed by atoms with E-state index in [1.807, 2.05) is 43.3 Å². The Balaban J connectivity index is 1.95. The fourth-order valence-electron chi connectivity index (χ4n) is 1.78. The van der Waals surface area contributed by atoms with Gasteiger partial charge < -0.3 is 11.1 Å². The van der Waals surface area contributed by atoms with Crippen LogP contribution in [0.4, 0.5) is 0 Å². The average Bonchev–Trinajstić information content (AvgIpc) is 2.46. The first kappa shape index (κ1) is 13.3. The molecule has 3 nitrogen and oxygen atoms in total. The highest BCUT2D eigenvalue weighted by Crippen LogP contribution is 2.05. The second-order valence-corrected chi connectivity index (χ2v) is 4.57. The van der Waals surface area contributed by atoms with E-state index in [2.05, 4.69) is 5.32 Å². The normalized spacial score (nSPS) is 10.2. The van der Waals surface area contributed by atoms with Crippen LogP contribution in [0, 0.1) is 6.92 Å². The van der Waals surface area contributed by atoms with E-state index < -0.39 is 0 Å². The van der Waals surface area contributed by atoms with Crippen LogP contribution in [-0.4, -0.2) is 5.91 Å². The highest BCUT2D eigenvalue weighted by molar-refractivity contribution is 5.94. The Labute approximate surface area is 113 Å². The first-order valence-corrected chi connectivity index (χ1v) is 6.32. The van der Waals surface area contributed by atoms with Crippen molar-refractivity contribution in [2.75, 3.05) is 0 Å². The Bertz CT molecular complexity index is 544. The molecule has 0 unspecified atom stereocenters. The van der Waals surface area contributed by atoms with E-state index in [9.17, 15) is 4.79 Å². The molecule has 2 aromatic rings. The number of hydrogen-bond acceptors (Lipinski definition) is 2. The Morgan fingerprint density at radius 2 is 1.58 bits per heavy atom. The minimum absolute atomic E-state index is 0.0656. The second kappa shape index (κ2) is 6.16. The fourth-order valence-corrected chi connectivity index (χ4v) is 1.78. The SMILES string of the molecule is Cc1ccc(CNC(=O)c2ccc(CN)cc2)cc1. The van der Waals surface area contributed by atoms with Crippen LogP contribution in [-0.2, 0) is 13.1 Å². The molecule has 0 aliphatic carbocycles. The van der Waals surface area contributed by atoms with Crippen LogP contribution in [0.1, 0.15) is 27.0 Å². The molecule has 2 aromatic carbocycles. The first-order valence-electron chi connectivity index (χ1n) is 6.32. The summed E-state index contributed by atoms with van der Waals surface area (Å²) in [5.41, 5.74) is 9.51. The molecule has 0 saturated carbocycles. The van der Waals surface area contributed by atoms with Crippen LogP contribution in [0.3, 0.4) is 0 Å². The van der Waals surface area contributed by atoms with Crippen molar-refractivity contribution in [3.8, 4) is 0 Å².